The molecule has 1 aliphatic heterocycles. The van der Waals surface area contributed by atoms with Gasteiger partial charge in [0.1, 0.15) is 17.2 Å². The molecule has 4 rings (SSSR count). The Morgan fingerprint density at radius 1 is 1.13 bits per heavy atom. The van der Waals surface area contributed by atoms with Crippen LogP contribution in [0.4, 0.5) is 35.0 Å². The van der Waals surface area contributed by atoms with Gasteiger partial charge in [0, 0.05) is 11.4 Å². The molecule has 0 saturated carbocycles. The van der Waals surface area contributed by atoms with Gasteiger partial charge < -0.3 is 21.3 Å². The number of halogens is 4. The van der Waals surface area contributed by atoms with Crippen molar-refractivity contribution in [3.05, 3.63) is 74.4 Å². The molecule has 2 heterocycles. The molecule has 0 radical (unpaired) electrons. The first kappa shape index (κ1) is 21.0. The molecule has 0 unspecified atom stereocenters. The van der Waals surface area contributed by atoms with E-state index in [1.807, 2.05) is 16.3 Å². The van der Waals surface area contributed by atoms with Gasteiger partial charge in [-0.3, -0.25) is 4.99 Å². The quantitative estimate of drug-likeness (QED) is 0.542. The van der Waals surface area contributed by atoms with E-state index in [4.69, 9.17) is 17.3 Å². The summed E-state index contributed by atoms with van der Waals surface area (Å²) in [6.07, 6.45) is -4.54. The molecule has 11 heteroatoms. The zero-order chi connectivity index (χ0) is 22.2. The highest BCUT2D eigenvalue weighted by atomic mass is 35.5. The summed E-state index contributed by atoms with van der Waals surface area (Å²) < 4.78 is 39.5. The lowest BCUT2D eigenvalue weighted by Gasteiger charge is -2.25. The molecule has 0 aliphatic carbocycles. The normalized spacial score (nSPS) is 13.4. The average molecular weight is 466 g/mol. The molecule has 4 N–H and O–H groups in total. The highest BCUT2D eigenvalue weighted by Gasteiger charge is 2.31. The molecular weight excluding hydrogens is 451 g/mol. The van der Waals surface area contributed by atoms with Gasteiger partial charge in [0.15, 0.2) is 0 Å². The molecule has 2 amide bonds. The Kier molecular flexibility index (Phi) is 5.50. The second-order valence-electron chi connectivity index (χ2n) is 6.57. The number of thiophene rings is 1. The number of alkyl halides is 3. The number of carbonyl (C=O) groups excluding carboxylic acids is 1. The van der Waals surface area contributed by atoms with Crippen LogP contribution in [0.3, 0.4) is 0 Å². The predicted molar refractivity (Wildman–Crippen MR) is 116 cm³/mol. The van der Waals surface area contributed by atoms with Crippen LogP contribution in [0.15, 0.2) is 58.9 Å². The van der Waals surface area contributed by atoms with Crippen LogP contribution in [0.5, 0.6) is 0 Å². The standard InChI is InChI=1S/C20H15ClF3N5OS/c21-15-6-1-11(20(22,23)24)9-16(15)28-19(30)27-12-2-4-13(5-3-12)29-10-26-18-14(17(29)25)7-8-31-18/h1-9H,10,25H2,(H2,27,28,30). The smallest absolute Gasteiger partial charge is 0.384 e. The van der Waals surface area contributed by atoms with Crippen molar-refractivity contribution in [3.63, 3.8) is 0 Å². The van der Waals surface area contributed by atoms with E-state index >= 15 is 0 Å². The minimum absolute atomic E-state index is 0.00819. The summed E-state index contributed by atoms with van der Waals surface area (Å²) in [5, 5.41) is 7.68. The number of hydrogen-bond donors (Lipinski definition) is 3. The molecular formula is C20H15ClF3N5OS. The van der Waals surface area contributed by atoms with Gasteiger partial charge in [-0.05, 0) is 53.9 Å². The van der Waals surface area contributed by atoms with Gasteiger partial charge >= 0.3 is 12.2 Å². The number of nitrogens with two attached hydrogens (primary N) is 1. The fraction of sp³-hybridized carbons (Fsp3) is 0.100. The minimum Gasteiger partial charge on any atom is -0.384 e. The molecule has 160 valence electrons. The summed E-state index contributed by atoms with van der Waals surface area (Å²) in [5.74, 6) is 0.587. The Bertz CT molecular complexity index is 1260. The topological polar surface area (TPSA) is 82.8 Å². The molecule has 3 aromatic rings. The molecule has 1 aromatic heterocycles. The molecule has 0 bridgehead atoms. The van der Waals surface area contributed by atoms with E-state index in [-0.39, 0.29) is 10.7 Å². The van der Waals surface area contributed by atoms with Crippen LogP contribution in [0.1, 0.15) is 5.56 Å². The Balaban J connectivity index is 1.46. The first-order valence-electron chi connectivity index (χ1n) is 8.92. The van der Waals surface area contributed by atoms with Crippen molar-refractivity contribution >= 4 is 51.9 Å². The number of urea groups is 1. The Morgan fingerprint density at radius 2 is 1.87 bits per heavy atom. The van der Waals surface area contributed by atoms with Crippen LogP contribution < -0.4 is 31.2 Å². The third kappa shape index (κ3) is 4.44. The van der Waals surface area contributed by atoms with E-state index in [9.17, 15) is 18.0 Å². The minimum atomic E-state index is -4.54. The SMILES string of the molecule is NC1=c2ccsc2=NCN1c1ccc(NC(=O)Nc2cc(C(F)(F)F)ccc2Cl)cc1. The predicted octanol–water partition coefficient (Wildman–Crippen LogP) is 4.19. The Morgan fingerprint density at radius 3 is 2.58 bits per heavy atom. The number of amides is 2. The number of rotatable bonds is 3. The maximum Gasteiger partial charge on any atom is 0.416 e. The zero-order valence-electron chi connectivity index (χ0n) is 15.7. The van der Waals surface area contributed by atoms with E-state index in [1.54, 1.807) is 24.3 Å². The number of hydrogen-bond acceptors (Lipinski definition) is 5. The van der Waals surface area contributed by atoms with Crippen molar-refractivity contribution in [2.24, 2.45) is 10.7 Å². The van der Waals surface area contributed by atoms with E-state index in [0.29, 0.717) is 18.2 Å². The van der Waals surface area contributed by atoms with Crippen LogP contribution in [0.25, 0.3) is 5.82 Å². The molecule has 2 aromatic carbocycles. The number of carbonyl (C=O) groups is 1. The number of fused-ring (bicyclic) bond motifs is 1. The Hall–Kier alpha value is -3.24. The molecule has 1 aliphatic rings. The van der Waals surface area contributed by atoms with Crippen LogP contribution in [-0.2, 0) is 6.18 Å². The van der Waals surface area contributed by atoms with Crippen molar-refractivity contribution in [1.82, 2.24) is 0 Å². The summed E-state index contributed by atoms with van der Waals surface area (Å²) in [4.78, 5) is 18.5. The van der Waals surface area contributed by atoms with Gasteiger partial charge in [0.2, 0.25) is 0 Å². The second kappa shape index (κ2) is 8.12. The van der Waals surface area contributed by atoms with Gasteiger partial charge in [-0.15, -0.1) is 11.3 Å². The summed E-state index contributed by atoms with van der Waals surface area (Å²) in [7, 11) is 0. The number of anilines is 3. The van der Waals surface area contributed by atoms with Gasteiger partial charge in [0.25, 0.3) is 0 Å². The van der Waals surface area contributed by atoms with E-state index in [1.165, 1.54) is 11.3 Å². The molecule has 31 heavy (non-hydrogen) atoms. The van der Waals surface area contributed by atoms with Gasteiger partial charge in [-0.25, -0.2) is 4.79 Å². The van der Waals surface area contributed by atoms with E-state index in [0.717, 1.165) is 33.8 Å². The number of nitrogens with one attached hydrogen (secondary N) is 2. The van der Waals surface area contributed by atoms with Crippen LogP contribution in [-0.4, -0.2) is 12.7 Å². The third-order valence-corrected chi connectivity index (χ3v) is 5.72. The molecule has 0 spiro atoms. The largest absolute Gasteiger partial charge is 0.416 e. The maximum atomic E-state index is 12.9. The number of benzene rings is 2. The molecule has 0 saturated heterocycles. The third-order valence-electron chi connectivity index (χ3n) is 4.55. The van der Waals surface area contributed by atoms with Crippen molar-refractivity contribution in [2.75, 3.05) is 22.2 Å². The average Bonchev–Trinajstić information content (AvgIpc) is 3.20. The van der Waals surface area contributed by atoms with E-state index < -0.39 is 17.8 Å². The lowest BCUT2D eigenvalue weighted by molar-refractivity contribution is -0.137. The summed E-state index contributed by atoms with van der Waals surface area (Å²) in [6.45, 7) is 0.376. The highest BCUT2D eigenvalue weighted by molar-refractivity contribution is 7.07. The molecule has 0 atom stereocenters. The molecule has 6 nitrogen and oxygen atoms in total. The van der Waals surface area contributed by atoms with Crippen LogP contribution >= 0.6 is 22.9 Å². The van der Waals surface area contributed by atoms with Crippen molar-refractivity contribution < 1.29 is 18.0 Å². The van der Waals surface area contributed by atoms with Crippen LogP contribution in [0, 0.1) is 0 Å². The first-order valence-corrected chi connectivity index (χ1v) is 10.2. The van der Waals surface area contributed by atoms with Gasteiger partial charge in [-0.1, -0.05) is 11.6 Å². The fourth-order valence-corrected chi connectivity index (χ4v) is 3.93. The van der Waals surface area contributed by atoms with Gasteiger partial charge in [0.05, 0.1) is 21.5 Å². The van der Waals surface area contributed by atoms with Crippen LogP contribution in [0.2, 0.25) is 5.02 Å². The monoisotopic (exact) mass is 465 g/mol. The fourth-order valence-electron chi connectivity index (χ4n) is 3.00. The maximum absolute atomic E-state index is 12.9. The molecule has 0 fully saturated rings. The van der Waals surface area contributed by atoms with Crippen molar-refractivity contribution in [1.29, 1.82) is 0 Å². The summed E-state index contributed by atoms with van der Waals surface area (Å²) >= 11 is 7.42. The van der Waals surface area contributed by atoms with Crippen molar-refractivity contribution in [2.45, 2.75) is 6.18 Å². The number of nitrogens with zero attached hydrogens (tertiary/aromatic N) is 2. The summed E-state index contributed by atoms with van der Waals surface area (Å²) in [6, 6.07) is 10.7. The second-order valence-corrected chi connectivity index (χ2v) is 7.87. The van der Waals surface area contributed by atoms with Crippen molar-refractivity contribution in [3.8, 4) is 0 Å². The lowest BCUT2D eigenvalue weighted by atomic mass is 10.2. The first-order chi connectivity index (χ1) is 14.7. The van der Waals surface area contributed by atoms with Gasteiger partial charge in [-0.2, -0.15) is 13.2 Å². The lowest BCUT2D eigenvalue weighted by Crippen LogP contribution is -2.41. The highest BCUT2D eigenvalue weighted by Crippen LogP contribution is 2.34. The Labute approximate surface area is 183 Å². The van der Waals surface area contributed by atoms with E-state index in [2.05, 4.69) is 15.6 Å². The summed E-state index contributed by atoms with van der Waals surface area (Å²) in [5.41, 5.74) is 6.41. The zero-order valence-corrected chi connectivity index (χ0v) is 17.3.